The van der Waals surface area contributed by atoms with E-state index in [1.54, 1.807) is 14.0 Å². The van der Waals surface area contributed by atoms with E-state index >= 15 is 0 Å². The maximum atomic E-state index is 11.5. The first-order valence-electron chi connectivity index (χ1n) is 6.80. The summed E-state index contributed by atoms with van der Waals surface area (Å²) in [6.45, 7) is 1.71. The minimum atomic E-state index is -1.49. The Morgan fingerprint density at radius 1 is 1.45 bits per heavy atom. The average molecular weight is 278 g/mol. The largest absolute Gasteiger partial charge is 0.496 e. The van der Waals surface area contributed by atoms with Crippen LogP contribution in [-0.2, 0) is 27.1 Å². The van der Waals surface area contributed by atoms with Gasteiger partial charge in [-0.2, -0.15) is 0 Å². The molecule has 2 aliphatic rings. The van der Waals surface area contributed by atoms with Gasteiger partial charge in [0.1, 0.15) is 5.75 Å². The molecule has 0 aromatic heterocycles. The van der Waals surface area contributed by atoms with Crippen molar-refractivity contribution in [2.75, 3.05) is 7.11 Å². The summed E-state index contributed by atoms with van der Waals surface area (Å²) in [6, 6.07) is 5.93. The van der Waals surface area contributed by atoms with Crippen LogP contribution >= 0.6 is 0 Å². The Kier molecular flexibility index (Phi) is 3.18. The van der Waals surface area contributed by atoms with Crippen LogP contribution in [0.15, 0.2) is 18.2 Å². The fraction of sp³-hybridized carbons (Fsp3) is 0.533. The number of fused-ring (bicyclic) bond motifs is 1. The molecule has 1 aliphatic heterocycles. The summed E-state index contributed by atoms with van der Waals surface area (Å²) < 4.78 is 16.3. The highest BCUT2D eigenvalue weighted by atomic mass is 16.9. The topological polar surface area (TPSA) is 65.0 Å². The molecule has 0 spiro atoms. The predicted molar refractivity (Wildman–Crippen MR) is 70.5 cm³/mol. The van der Waals surface area contributed by atoms with Gasteiger partial charge in [0.2, 0.25) is 0 Å². The van der Waals surface area contributed by atoms with Gasteiger partial charge in [-0.25, -0.2) is 4.79 Å². The number of carboxylic acid groups (broad SMARTS) is 1. The normalized spacial score (nSPS) is 32.1. The number of carboxylic acids is 1. The van der Waals surface area contributed by atoms with Crippen molar-refractivity contribution < 1.29 is 24.1 Å². The second kappa shape index (κ2) is 4.75. The second-order valence-corrected chi connectivity index (χ2v) is 5.31. The summed E-state index contributed by atoms with van der Waals surface area (Å²) in [5.41, 5.74) is 2.28. The molecule has 5 heteroatoms. The van der Waals surface area contributed by atoms with Crippen molar-refractivity contribution in [3.05, 3.63) is 29.3 Å². The number of hydrogen-bond donors (Lipinski definition) is 1. The number of aryl methyl sites for hydroxylation is 1. The number of aliphatic carboxylic acids is 1. The van der Waals surface area contributed by atoms with Crippen molar-refractivity contribution in [2.24, 2.45) is 5.92 Å². The molecular formula is C15H18O5. The number of rotatable bonds is 3. The lowest BCUT2D eigenvalue weighted by atomic mass is 9.78. The first kappa shape index (κ1) is 13.4. The van der Waals surface area contributed by atoms with Crippen molar-refractivity contribution >= 4 is 5.97 Å². The predicted octanol–water partition coefficient (Wildman–Crippen LogP) is 1.97. The molecule has 0 saturated carbocycles. The van der Waals surface area contributed by atoms with Gasteiger partial charge in [-0.15, -0.1) is 0 Å². The lowest BCUT2D eigenvalue weighted by molar-refractivity contribution is -0.445. The Labute approximate surface area is 117 Å². The molecule has 1 unspecified atom stereocenters. The van der Waals surface area contributed by atoms with Crippen LogP contribution in [0.25, 0.3) is 0 Å². The summed E-state index contributed by atoms with van der Waals surface area (Å²) in [5.74, 6) is -1.92. The van der Waals surface area contributed by atoms with E-state index in [4.69, 9.17) is 14.2 Å². The molecule has 1 aromatic rings. The SMILES string of the molecule is COc1cccc2c1CC(C1(C(=O)O)OC(C)O1)CC2. The van der Waals surface area contributed by atoms with Gasteiger partial charge in [-0.05, 0) is 43.4 Å². The third-order valence-corrected chi connectivity index (χ3v) is 4.18. The highest BCUT2D eigenvalue weighted by Crippen LogP contribution is 2.44. The van der Waals surface area contributed by atoms with E-state index in [-0.39, 0.29) is 5.92 Å². The van der Waals surface area contributed by atoms with E-state index in [9.17, 15) is 9.90 Å². The van der Waals surface area contributed by atoms with E-state index in [1.807, 2.05) is 12.1 Å². The summed E-state index contributed by atoms with van der Waals surface area (Å²) >= 11 is 0. The summed E-state index contributed by atoms with van der Waals surface area (Å²) in [6.07, 6.45) is 1.69. The Morgan fingerprint density at radius 3 is 2.80 bits per heavy atom. The fourth-order valence-corrected chi connectivity index (χ4v) is 3.24. The van der Waals surface area contributed by atoms with Gasteiger partial charge >= 0.3 is 5.97 Å². The number of hydrogen-bond acceptors (Lipinski definition) is 4. The molecule has 1 aromatic carbocycles. The fourth-order valence-electron chi connectivity index (χ4n) is 3.24. The van der Waals surface area contributed by atoms with E-state index in [1.165, 1.54) is 5.56 Å². The Bertz CT molecular complexity index is 519. The molecule has 1 aliphatic carbocycles. The lowest BCUT2D eigenvalue weighted by Gasteiger charge is -2.48. The maximum Gasteiger partial charge on any atom is 0.364 e. The standard InChI is InChI=1S/C15H18O5/c1-9-19-15(20-9,14(16)17)11-7-6-10-4-3-5-13(18-2)12(10)8-11/h3-5,9,11H,6-8H2,1-2H3,(H,16,17). The number of benzene rings is 1. The Balaban J connectivity index is 1.90. The minimum Gasteiger partial charge on any atom is -0.496 e. The molecule has 1 fully saturated rings. The molecule has 20 heavy (non-hydrogen) atoms. The van der Waals surface area contributed by atoms with E-state index < -0.39 is 18.0 Å². The van der Waals surface area contributed by atoms with Crippen LogP contribution in [0.5, 0.6) is 5.75 Å². The molecule has 1 heterocycles. The molecule has 3 rings (SSSR count). The minimum absolute atomic E-state index is 0.194. The summed E-state index contributed by atoms with van der Waals surface area (Å²) in [7, 11) is 1.63. The number of ether oxygens (including phenoxy) is 3. The van der Waals surface area contributed by atoms with Gasteiger partial charge in [0.15, 0.2) is 6.29 Å². The van der Waals surface area contributed by atoms with E-state index in [0.717, 1.165) is 24.2 Å². The highest BCUT2D eigenvalue weighted by Gasteiger charge is 2.58. The third kappa shape index (κ3) is 1.89. The van der Waals surface area contributed by atoms with Gasteiger partial charge in [0, 0.05) is 5.92 Å². The molecule has 108 valence electrons. The van der Waals surface area contributed by atoms with Crippen molar-refractivity contribution in [3.63, 3.8) is 0 Å². The summed E-state index contributed by atoms with van der Waals surface area (Å²) in [4.78, 5) is 11.5. The van der Waals surface area contributed by atoms with E-state index in [0.29, 0.717) is 6.42 Å². The van der Waals surface area contributed by atoms with Gasteiger partial charge < -0.3 is 19.3 Å². The molecule has 1 N–H and O–H groups in total. The zero-order valence-corrected chi connectivity index (χ0v) is 11.6. The van der Waals surface area contributed by atoms with Crippen LogP contribution in [0.3, 0.4) is 0 Å². The molecule has 1 saturated heterocycles. The zero-order chi connectivity index (χ0) is 14.3. The smallest absolute Gasteiger partial charge is 0.364 e. The van der Waals surface area contributed by atoms with Gasteiger partial charge in [0.25, 0.3) is 5.79 Å². The molecule has 0 bridgehead atoms. The first-order chi connectivity index (χ1) is 9.56. The van der Waals surface area contributed by atoms with Crippen LogP contribution in [0.2, 0.25) is 0 Å². The molecule has 5 nitrogen and oxygen atoms in total. The van der Waals surface area contributed by atoms with Crippen molar-refractivity contribution in [1.82, 2.24) is 0 Å². The first-order valence-corrected chi connectivity index (χ1v) is 6.80. The van der Waals surface area contributed by atoms with Crippen molar-refractivity contribution in [3.8, 4) is 5.75 Å². The Morgan fingerprint density at radius 2 is 2.20 bits per heavy atom. The highest BCUT2D eigenvalue weighted by molar-refractivity contribution is 5.77. The number of carbonyl (C=O) groups is 1. The second-order valence-electron chi connectivity index (χ2n) is 5.31. The van der Waals surface area contributed by atoms with Gasteiger partial charge in [0.05, 0.1) is 7.11 Å². The number of methoxy groups -OCH3 is 1. The van der Waals surface area contributed by atoms with Crippen LogP contribution < -0.4 is 4.74 Å². The van der Waals surface area contributed by atoms with Gasteiger partial charge in [-0.3, -0.25) is 0 Å². The molecule has 0 amide bonds. The molecule has 1 atom stereocenters. The summed E-state index contributed by atoms with van der Waals surface area (Å²) in [5, 5.41) is 9.45. The van der Waals surface area contributed by atoms with Gasteiger partial charge in [-0.1, -0.05) is 12.1 Å². The lowest BCUT2D eigenvalue weighted by Crippen LogP contribution is -2.63. The van der Waals surface area contributed by atoms with Crippen molar-refractivity contribution in [2.45, 2.75) is 38.3 Å². The van der Waals surface area contributed by atoms with Crippen LogP contribution in [0.4, 0.5) is 0 Å². The van der Waals surface area contributed by atoms with Crippen LogP contribution in [0.1, 0.15) is 24.5 Å². The zero-order valence-electron chi connectivity index (χ0n) is 11.6. The molecule has 0 radical (unpaired) electrons. The third-order valence-electron chi connectivity index (χ3n) is 4.18. The van der Waals surface area contributed by atoms with E-state index in [2.05, 4.69) is 6.07 Å². The average Bonchev–Trinajstić information content (AvgIpc) is 2.42. The molecular weight excluding hydrogens is 260 g/mol. The monoisotopic (exact) mass is 278 g/mol. The van der Waals surface area contributed by atoms with Crippen LogP contribution in [-0.4, -0.2) is 30.3 Å². The maximum absolute atomic E-state index is 11.5. The quantitative estimate of drug-likeness (QED) is 0.915. The van der Waals surface area contributed by atoms with Crippen LogP contribution in [0, 0.1) is 5.92 Å². The van der Waals surface area contributed by atoms with Crippen molar-refractivity contribution in [1.29, 1.82) is 0 Å². The Hall–Kier alpha value is -1.59.